The van der Waals surface area contributed by atoms with Crippen LogP contribution in [0.25, 0.3) is 0 Å². The molecule has 0 fully saturated rings. The van der Waals surface area contributed by atoms with E-state index in [1.54, 1.807) is 11.3 Å². The summed E-state index contributed by atoms with van der Waals surface area (Å²) in [7, 11) is 0. The Bertz CT molecular complexity index is 506. The number of rotatable bonds is 3. The number of aryl methyl sites for hydroxylation is 2. The first kappa shape index (κ1) is 12.4. The fraction of sp³-hybridized carbons (Fsp3) is 0.364. The molecular weight excluding hydrogens is 300 g/mol. The summed E-state index contributed by atoms with van der Waals surface area (Å²) in [6.45, 7) is 6.00. The molecule has 0 amide bonds. The van der Waals surface area contributed by atoms with Crippen LogP contribution >= 0.6 is 27.3 Å². The van der Waals surface area contributed by atoms with Crippen molar-refractivity contribution in [2.45, 2.75) is 26.8 Å². The molecule has 0 saturated heterocycles. The van der Waals surface area contributed by atoms with E-state index in [4.69, 9.17) is 0 Å². The Morgan fingerprint density at radius 1 is 1.35 bits per heavy atom. The summed E-state index contributed by atoms with van der Waals surface area (Å²) in [6, 6.07) is 2.01. The van der Waals surface area contributed by atoms with Crippen molar-refractivity contribution >= 4 is 33.1 Å². The second kappa shape index (κ2) is 5.10. The number of hydrogen-bond donors (Lipinski definition) is 1. The molecule has 2 rings (SSSR count). The van der Waals surface area contributed by atoms with Gasteiger partial charge in [-0.2, -0.15) is 0 Å². The van der Waals surface area contributed by atoms with Gasteiger partial charge in [0.1, 0.15) is 21.3 Å². The van der Waals surface area contributed by atoms with Crippen LogP contribution in [0.2, 0.25) is 0 Å². The highest BCUT2D eigenvalue weighted by molar-refractivity contribution is 9.10. The van der Waals surface area contributed by atoms with Gasteiger partial charge in [-0.1, -0.05) is 0 Å². The second-order valence-electron chi connectivity index (χ2n) is 3.80. The minimum atomic E-state index is 0.148. The molecule has 17 heavy (non-hydrogen) atoms. The maximum Gasteiger partial charge on any atom is 0.131 e. The van der Waals surface area contributed by atoms with E-state index in [0.717, 1.165) is 21.3 Å². The Morgan fingerprint density at radius 2 is 2.12 bits per heavy atom. The number of thiazole rings is 1. The van der Waals surface area contributed by atoms with Crippen molar-refractivity contribution in [1.29, 1.82) is 0 Å². The smallest absolute Gasteiger partial charge is 0.131 e. The van der Waals surface area contributed by atoms with Gasteiger partial charge in [-0.15, -0.1) is 11.3 Å². The molecule has 1 N–H and O–H groups in total. The van der Waals surface area contributed by atoms with Crippen LogP contribution in [0, 0.1) is 13.8 Å². The summed E-state index contributed by atoms with van der Waals surface area (Å²) in [5, 5.41) is 4.38. The fourth-order valence-electron chi connectivity index (χ4n) is 1.46. The SMILES string of the molecule is Cc1nc(Br)cc(NC(C)c2ncc(C)s2)n1. The van der Waals surface area contributed by atoms with Crippen molar-refractivity contribution in [3.8, 4) is 0 Å². The molecule has 0 bridgehead atoms. The van der Waals surface area contributed by atoms with Crippen molar-refractivity contribution in [3.63, 3.8) is 0 Å². The van der Waals surface area contributed by atoms with Crippen LogP contribution in [0.15, 0.2) is 16.9 Å². The number of aromatic nitrogens is 3. The van der Waals surface area contributed by atoms with E-state index in [2.05, 4.69) is 50.0 Å². The van der Waals surface area contributed by atoms with Gasteiger partial charge < -0.3 is 5.32 Å². The second-order valence-corrected chi connectivity index (χ2v) is 5.88. The molecule has 0 aromatic carbocycles. The van der Waals surface area contributed by atoms with Gasteiger partial charge in [0.25, 0.3) is 0 Å². The normalized spacial score (nSPS) is 12.5. The molecule has 0 aliphatic heterocycles. The molecule has 0 radical (unpaired) electrons. The van der Waals surface area contributed by atoms with Gasteiger partial charge in [0.15, 0.2) is 0 Å². The highest BCUT2D eigenvalue weighted by Crippen LogP contribution is 2.23. The van der Waals surface area contributed by atoms with Crippen molar-refractivity contribution in [1.82, 2.24) is 15.0 Å². The predicted molar refractivity (Wildman–Crippen MR) is 73.4 cm³/mol. The van der Waals surface area contributed by atoms with E-state index < -0.39 is 0 Å². The van der Waals surface area contributed by atoms with E-state index in [9.17, 15) is 0 Å². The zero-order chi connectivity index (χ0) is 12.4. The number of halogens is 1. The number of nitrogens with one attached hydrogen (secondary N) is 1. The molecule has 6 heteroatoms. The van der Waals surface area contributed by atoms with Crippen molar-refractivity contribution in [3.05, 3.63) is 32.6 Å². The number of anilines is 1. The first-order valence-electron chi connectivity index (χ1n) is 5.24. The standard InChI is InChI=1S/C11H13BrN4S/c1-6-5-13-11(17-6)7(2)14-10-4-9(12)15-8(3)16-10/h4-5,7H,1-3H3,(H,14,15,16). The Labute approximate surface area is 113 Å². The van der Waals surface area contributed by atoms with Gasteiger partial charge >= 0.3 is 0 Å². The largest absolute Gasteiger partial charge is 0.361 e. The molecule has 1 unspecified atom stereocenters. The molecule has 0 spiro atoms. The molecule has 0 aliphatic rings. The van der Waals surface area contributed by atoms with Crippen LogP contribution in [0.5, 0.6) is 0 Å². The van der Waals surface area contributed by atoms with Crippen LogP contribution < -0.4 is 5.32 Å². The van der Waals surface area contributed by atoms with Gasteiger partial charge in [-0.3, -0.25) is 0 Å². The summed E-state index contributed by atoms with van der Waals surface area (Å²) >= 11 is 5.05. The third kappa shape index (κ3) is 3.23. The lowest BCUT2D eigenvalue weighted by atomic mass is 10.3. The lowest BCUT2D eigenvalue weighted by Crippen LogP contribution is -2.08. The van der Waals surface area contributed by atoms with Crippen LogP contribution in [-0.4, -0.2) is 15.0 Å². The molecular formula is C11H13BrN4S. The van der Waals surface area contributed by atoms with Gasteiger partial charge in [-0.25, -0.2) is 15.0 Å². The Morgan fingerprint density at radius 3 is 2.71 bits per heavy atom. The average Bonchev–Trinajstić information content (AvgIpc) is 2.63. The van der Waals surface area contributed by atoms with Gasteiger partial charge in [0.2, 0.25) is 0 Å². The van der Waals surface area contributed by atoms with E-state index >= 15 is 0 Å². The van der Waals surface area contributed by atoms with E-state index in [0.29, 0.717) is 0 Å². The van der Waals surface area contributed by atoms with Crippen LogP contribution in [0.3, 0.4) is 0 Å². The van der Waals surface area contributed by atoms with Gasteiger partial charge in [-0.05, 0) is 36.7 Å². The molecule has 0 aliphatic carbocycles. The van der Waals surface area contributed by atoms with Crippen molar-refractivity contribution in [2.24, 2.45) is 0 Å². The summed E-state index contributed by atoms with van der Waals surface area (Å²) in [5.74, 6) is 1.55. The first-order chi connectivity index (χ1) is 8.04. The highest BCUT2D eigenvalue weighted by atomic mass is 79.9. The maximum atomic E-state index is 4.36. The summed E-state index contributed by atoms with van der Waals surface area (Å²) in [6.07, 6.45) is 1.89. The summed E-state index contributed by atoms with van der Waals surface area (Å²) in [4.78, 5) is 14.1. The number of nitrogens with zero attached hydrogens (tertiary/aromatic N) is 3. The van der Waals surface area contributed by atoms with Crippen molar-refractivity contribution in [2.75, 3.05) is 5.32 Å². The molecule has 2 aromatic rings. The molecule has 2 heterocycles. The monoisotopic (exact) mass is 312 g/mol. The van der Waals surface area contributed by atoms with Crippen LogP contribution in [0.1, 0.15) is 28.7 Å². The minimum absolute atomic E-state index is 0.148. The summed E-state index contributed by atoms with van der Waals surface area (Å²) < 4.78 is 0.787. The Balaban J connectivity index is 2.15. The fourth-order valence-corrected chi connectivity index (χ4v) is 2.71. The zero-order valence-electron chi connectivity index (χ0n) is 9.86. The lowest BCUT2D eigenvalue weighted by molar-refractivity contribution is 0.853. The van der Waals surface area contributed by atoms with E-state index in [1.807, 2.05) is 19.2 Å². The van der Waals surface area contributed by atoms with Crippen molar-refractivity contribution < 1.29 is 0 Å². The maximum absolute atomic E-state index is 4.36. The highest BCUT2D eigenvalue weighted by Gasteiger charge is 2.10. The molecule has 2 aromatic heterocycles. The zero-order valence-corrected chi connectivity index (χ0v) is 12.3. The van der Waals surface area contributed by atoms with Gasteiger partial charge in [0, 0.05) is 17.1 Å². The third-order valence-electron chi connectivity index (χ3n) is 2.18. The summed E-state index contributed by atoms with van der Waals surface area (Å²) in [5.41, 5.74) is 0. The minimum Gasteiger partial charge on any atom is -0.361 e. The first-order valence-corrected chi connectivity index (χ1v) is 6.85. The Kier molecular flexibility index (Phi) is 3.73. The lowest BCUT2D eigenvalue weighted by Gasteiger charge is -2.12. The average molecular weight is 313 g/mol. The predicted octanol–water partition coefficient (Wildman–Crippen LogP) is 3.49. The van der Waals surface area contributed by atoms with Crippen LogP contribution in [-0.2, 0) is 0 Å². The van der Waals surface area contributed by atoms with Crippen LogP contribution in [0.4, 0.5) is 5.82 Å². The third-order valence-corrected chi connectivity index (χ3v) is 3.68. The topological polar surface area (TPSA) is 50.7 Å². The van der Waals surface area contributed by atoms with E-state index in [1.165, 1.54) is 4.88 Å². The van der Waals surface area contributed by atoms with E-state index in [-0.39, 0.29) is 6.04 Å². The molecule has 0 saturated carbocycles. The molecule has 90 valence electrons. The van der Waals surface area contributed by atoms with Gasteiger partial charge in [0.05, 0.1) is 6.04 Å². The number of hydrogen-bond acceptors (Lipinski definition) is 5. The quantitative estimate of drug-likeness (QED) is 0.881. The Hall–Kier alpha value is -1.01. The molecule has 1 atom stereocenters. The molecule has 4 nitrogen and oxygen atoms in total.